The van der Waals surface area contributed by atoms with Crippen LogP contribution in [0.5, 0.6) is 0 Å². The zero-order valence-corrected chi connectivity index (χ0v) is 13.7. The van der Waals surface area contributed by atoms with Crippen molar-refractivity contribution in [1.29, 1.82) is 0 Å². The molecule has 1 amide bonds. The van der Waals surface area contributed by atoms with Crippen molar-refractivity contribution in [3.63, 3.8) is 0 Å². The molecular formula is C17H22F3NO3. The Balaban J connectivity index is 2.02. The number of rotatable bonds is 5. The number of hydrogen-bond donors (Lipinski definition) is 1. The minimum absolute atomic E-state index is 0.0267. The van der Waals surface area contributed by atoms with Crippen molar-refractivity contribution in [2.45, 2.75) is 45.2 Å². The highest BCUT2D eigenvalue weighted by molar-refractivity contribution is 5.76. The quantitative estimate of drug-likeness (QED) is 0.886. The van der Waals surface area contributed by atoms with Gasteiger partial charge in [0.2, 0.25) is 5.91 Å². The third-order valence-electron chi connectivity index (χ3n) is 3.83. The fourth-order valence-corrected chi connectivity index (χ4v) is 2.55. The van der Waals surface area contributed by atoms with Crippen LogP contribution < -0.4 is 5.32 Å². The lowest BCUT2D eigenvalue weighted by Crippen LogP contribution is -2.36. The van der Waals surface area contributed by atoms with Crippen LogP contribution in [-0.2, 0) is 20.4 Å². The van der Waals surface area contributed by atoms with Gasteiger partial charge in [0.1, 0.15) is 0 Å². The lowest BCUT2D eigenvalue weighted by molar-refractivity contribution is -0.184. The molecule has 1 heterocycles. The molecule has 0 saturated carbocycles. The molecule has 1 aromatic carbocycles. The summed E-state index contributed by atoms with van der Waals surface area (Å²) in [6.45, 7) is 4.92. The molecule has 1 saturated heterocycles. The normalized spacial score (nSPS) is 17.8. The van der Waals surface area contributed by atoms with Crippen LogP contribution in [0.25, 0.3) is 0 Å². The smallest absolute Gasteiger partial charge is 0.352 e. The molecule has 0 spiro atoms. The first kappa shape index (κ1) is 18.7. The molecule has 0 bridgehead atoms. The predicted molar refractivity (Wildman–Crippen MR) is 82.1 cm³/mol. The van der Waals surface area contributed by atoms with Gasteiger partial charge >= 0.3 is 6.18 Å². The van der Waals surface area contributed by atoms with Gasteiger partial charge in [-0.3, -0.25) is 4.79 Å². The highest BCUT2D eigenvalue weighted by Gasteiger charge is 2.30. The highest BCUT2D eigenvalue weighted by atomic mass is 19.4. The summed E-state index contributed by atoms with van der Waals surface area (Å²) >= 11 is 0. The van der Waals surface area contributed by atoms with Gasteiger partial charge in [-0.15, -0.1) is 0 Å². The summed E-state index contributed by atoms with van der Waals surface area (Å²) in [4.78, 5) is 12.2. The SMILES string of the molecule is CC(C)[C@H](NC(=O)CC1OCCCO1)c1ccc(C(F)(F)F)cc1. The van der Waals surface area contributed by atoms with Crippen LogP contribution in [0.1, 0.15) is 43.9 Å². The van der Waals surface area contributed by atoms with Gasteiger partial charge in [-0.05, 0) is 30.0 Å². The van der Waals surface area contributed by atoms with E-state index in [9.17, 15) is 18.0 Å². The topological polar surface area (TPSA) is 47.6 Å². The first-order valence-electron chi connectivity index (χ1n) is 7.97. The van der Waals surface area contributed by atoms with Gasteiger partial charge in [-0.2, -0.15) is 13.2 Å². The Labute approximate surface area is 139 Å². The average Bonchev–Trinajstić information content (AvgIpc) is 2.52. The molecule has 134 valence electrons. The molecule has 7 heteroatoms. The Bertz CT molecular complexity index is 537. The number of halogens is 3. The van der Waals surface area contributed by atoms with E-state index in [-0.39, 0.29) is 24.3 Å². The minimum atomic E-state index is -4.37. The monoisotopic (exact) mass is 345 g/mol. The number of hydrogen-bond acceptors (Lipinski definition) is 3. The van der Waals surface area contributed by atoms with Crippen LogP contribution in [0, 0.1) is 5.92 Å². The fraction of sp³-hybridized carbons (Fsp3) is 0.588. The van der Waals surface area contributed by atoms with Crippen LogP contribution in [0.4, 0.5) is 13.2 Å². The molecule has 1 aromatic rings. The molecule has 1 N–H and O–H groups in total. The van der Waals surface area contributed by atoms with E-state index in [0.29, 0.717) is 18.8 Å². The van der Waals surface area contributed by atoms with E-state index in [1.807, 2.05) is 13.8 Å². The number of carbonyl (C=O) groups is 1. The third kappa shape index (κ3) is 5.21. The van der Waals surface area contributed by atoms with E-state index in [4.69, 9.17) is 9.47 Å². The molecule has 2 rings (SSSR count). The van der Waals surface area contributed by atoms with Crippen molar-refractivity contribution in [1.82, 2.24) is 5.32 Å². The van der Waals surface area contributed by atoms with Crippen molar-refractivity contribution >= 4 is 5.91 Å². The van der Waals surface area contributed by atoms with Crippen LogP contribution >= 0.6 is 0 Å². The second-order valence-electron chi connectivity index (χ2n) is 6.14. The zero-order chi connectivity index (χ0) is 17.7. The molecular weight excluding hydrogens is 323 g/mol. The Morgan fingerprint density at radius 2 is 1.79 bits per heavy atom. The van der Waals surface area contributed by atoms with Crippen LogP contribution in [0.15, 0.2) is 24.3 Å². The van der Waals surface area contributed by atoms with E-state index in [2.05, 4.69) is 5.32 Å². The average molecular weight is 345 g/mol. The van der Waals surface area contributed by atoms with Gasteiger partial charge in [0.25, 0.3) is 0 Å². The van der Waals surface area contributed by atoms with Crippen molar-refractivity contribution < 1.29 is 27.4 Å². The van der Waals surface area contributed by atoms with Crippen molar-refractivity contribution in [3.05, 3.63) is 35.4 Å². The number of amides is 1. The van der Waals surface area contributed by atoms with Crippen LogP contribution in [-0.4, -0.2) is 25.4 Å². The van der Waals surface area contributed by atoms with E-state index >= 15 is 0 Å². The van der Waals surface area contributed by atoms with E-state index < -0.39 is 18.0 Å². The lowest BCUT2D eigenvalue weighted by atomic mass is 9.95. The van der Waals surface area contributed by atoms with Gasteiger partial charge in [0.15, 0.2) is 6.29 Å². The first-order valence-corrected chi connectivity index (χ1v) is 7.97. The van der Waals surface area contributed by atoms with Gasteiger partial charge < -0.3 is 14.8 Å². The number of nitrogens with one attached hydrogen (secondary N) is 1. The summed E-state index contributed by atoms with van der Waals surface area (Å²) in [5.74, 6) is -0.223. The minimum Gasteiger partial charge on any atom is -0.352 e. The molecule has 1 aliphatic rings. The maximum Gasteiger partial charge on any atom is 0.416 e. The molecule has 0 aromatic heterocycles. The van der Waals surface area contributed by atoms with Crippen LogP contribution in [0.2, 0.25) is 0 Å². The summed E-state index contributed by atoms with van der Waals surface area (Å²) in [7, 11) is 0. The fourth-order valence-electron chi connectivity index (χ4n) is 2.55. The van der Waals surface area contributed by atoms with Crippen molar-refractivity contribution in [2.75, 3.05) is 13.2 Å². The Hall–Kier alpha value is -1.60. The summed E-state index contributed by atoms with van der Waals surface area (Å²) in [6, 6.07) is 4.50. The molecule has 1 atom stereocenters. The molecule has 24 heavy (non-hydrogen) atoms. The summed E-state index contributed by atoms with van der Waals surface area (Å²) in [5.41, 5.74) is -0.0686. The largest absolute Gasteiger partial charge is 0.416 e. The molecule has 0 unspecified atom stereocenters. The van der Waals surface area contributed by atoms with E-state index in [1.54, 1.807) is 0 Å². The number of carbonyl (C=O) groups excluding carboxylic acids is 1. The number of ether oxygens (including phenoxy) is 2. The summed E-state index contributed by atoms with van der Waals surface area (Å²) in [5, 5.41) is 2.86. The van der Waals surface area contributed by atoms with Crippen LogP contribution in [0.3, 0.4) is 0 Å². The first-order chi connectivity index (χ1) is 11.3. The zero-order valence-electron chi connectivity index (χ0n) is 13.7. The van der Waals surface area contributed by atoms with Gasteiger partial charge in [-0.25, -0.2) is 0 Å². The standard InChI is InChI=1S/C17H22F3NO3/c1-11(2)16(12-4-6-13(7-5-12)17(18,19)20)21-14(22)10-15-23-8-3-9-24-15/h4-7,11,15-16H,3,8-10H2,1-2H3,(H,21,22)/t16-/m0/s1. The number of benzene rings is 1. The molecule has 4 nitrogen and oxygen atoms in total. The van der Waals surface area contributed by atoms with Gasteiger partial charge in [0.05, 0.1) is 31.2 Å². The third-order valence-corrected chi connectivity index (χ3v) is 3.83. The second kappa shape index (κ2) is 7.98. The molecule has 1 aliphatic heterocycles. The van der Waals surface area contributed by atoms with Gasteiger partial charge in [-0.1, -0.05) is 26.0 Å². The maximum absolute atomic E-state index is 12.7. The summed E-state index contributed by atoms with van der Waals surface area (Å²) < 4.78 is 48.6. The Morgan fingerprint density at radius 3 is 2.29 bits per heavy atom. The Morgan fingerprint density at radius 1 is 1.21 bits per heavy atom. The van der Waals surface area contributed by atoms with E-state index in [0.717, 1.165) is 18.6 Å². The predicted octanol–water partition coefficient (Wildman–Crippen LogP) is 3.67. The van der Waals surface area contributed by atoms with Crippen molar-refractivity contribution in [3.8, 4) is 0 Å². The highest BCUT2D eigenvalue weighted by Crippen LogP contribution is 2.31. The van der Waals surface area contributed by atoms with Crippen molar-refractivity contribution in [2.24, 2.45) is 5.92 Å². The summed E-state index contributed by atoms with van der Waals surface area (Å²) in [6.07, 6.45) is -4.05. The molecule has 0 radical (unpaired) electrons. The lowest BCUT2D eigenvalue weighted by Gasteiger charge is -2.26. The van der Waals surface area contributed by atoms with E-state index in [1.165, 1.54) is 12.1 Å². The molecule has 1 fully saturated rings. The van der Waals surface area contributed by atoms with Gasteiger partial charge in [0, 0.05) is 0 Å². The Kier molecular flexibility index (Phi) is 6.23. The second-order valence-corrected chi connectivity index (χ2v) is 6.14. The maximum atomic E-state index is 12.7. The molecule has 0 aliphatic carbocycles. The number of alkyl halides is 3.